The third-order valence-electron chi connectivity index (χ3n) is 3.16. The molecule has 3 rings (SSSR count). The Kier molecular flexibility index (Phi) is 3.76. The van der Waals surface area contributed by atoms with E-state index in [9.17, 15) is 0 Å². The van der Waals surface area contributed by atoms with Gasteiger partial charge in [0.1, 0.15) is 0 Å². The number of nitrogens with zero attached hydrogens (tertiary/aromatic N) is 5. The second kappa shape index (κ2) is 5.72. The van der Waals surface area contributed by atoms with Gasteiger partial charge in [-0.3, -0.25) is 5.10 Å². The fourth-order valence-corrected chi connectivity index (χ4v) is 2.25. The first-order valence-corrected chi connectivity index (χ1v) is 7.40. The molecule has 2 aromatic heterocycles. The van der Waals surface area contributed by atoms with Gasteiger partial charge in [-0.1, -0.05) is 18.2 Å². The maximum Gasteiger partial charge on any atom is 0.209 e. The minimum atomic E-state index is 0.441. The molecule has 22 heavy (non-hydrogen) atoms. The van der Waals surface area contributed by atoms with Crippen molar-refractivity contribution in [2.24, 2.45) is 10.2 Å². The van der Waals surface area contributed by atoms with Crippen molar-refractivity contribution < 1.29 is 0 Å². The number of aryl methyl sites for hydroxylation is 2. The van der Waals surface area contributed by atoms with Crippen molar-refractivity contribution in [1.29, 1.82) is 0 Å². The monoisotopic (exact) mass is 359 g/mol. The molecule has 3 N–H and O–H groups in total. The molecule has 3 aromatic rings. The van der Waals surface area contributed by atoms with Crippen molar-refractivity contribution in [3.63, 3.8) is 0 Å². The number of nitrogens with one attached hydrogen (secondary N) is 1. The van der Waals surface area contributed by atoms with E-state index in [0.717, 1.165) is 15.9 Å². The average Bonchev–Trinajstić information content (AvgIpc) is 2.99. The molecule has 0 aliphatic rings. The molecular formula is C14H14BrN7. The van der Waals surface area contributed by atoms with Gasteiger partial charge in [0.25, 0.3) is 0 Å². The maximum atomic E-state index is 6.15. The molecule has 0 atom stereocenters. The highest BCUT2D eigenvalue weighted by atomic mass is 79.9. The van der Waals surface area contributed by atoms with E-state index in [1.165, 1.54) is 0 Å². The highest BCUT2D eigenvalue weighted by Gasteiger charge is 2.14. The van der Waals surface area contributed by atoms with Crippen LogP contribution in [0.25, 0.3) is 5.69 Å². The highest BCUT2D eigenvalue weighted by molar-refractivity contribution is 9.10. The minimum Gasteiger partial charge on any atom is -0.382 e. The molecule has 0 fully saturated rings. The summed E-state index contributed by atoms with van der Waals surface area (Å²) >= 11 is 3.40. The molecule has 0 radical (unpaired) electrons. The van der Waals surface area contributed by atoms with Gasteiger partial charge in [0, 0.05) is 5.69 Å². The standard InChI is InChI=1S/C14H14BrN7/c1-8-11(15)14(19-17-8)20-18-12-9(2)21-22(13(12)16)10-6-4-3-5-7-10/h3-7H,16H2,1-2H3,(H,17,19). The van der Waals surface area contributed by atoms with E-state index in [1.54, 1.807) is 4.68 Å². The van der Waals surface area contributed by atoms with E-state index in [1.807, 2.05) is 44.2 Å². The zero-order valence-electron chi connectivity index (χ0n) is 12.1. The molecule has 2 heterocycles. The van der Waals surface area contributed by atoms with Crippen molar-refractivity contribution in [3.05, 3.63) is 46.2 Å². The number of azo groups is 1. The number of aromatic amines is 1. The Morgan fingerprint density at radius 3 is 2.55 bits per heavy atom. The summed E-state index contributed by atoms with van der Waals surface area (Å²) in [5, 5.41) is 19.6. The molecule has 0 bridgehead atoms. The molecule has 0 saturated carbocycles. The van der Waals surface area contributed by atoms with E-state index in [0.29, 0.717) is 23.0 Å². The smallest absolute Gasteiger partial charge is 0.209 e. The predicted molar refractivity (Wildman–Crippen MR) is 87.9 cm³/mol. The third kappa shape index (κ3) is 2.52. The number of nitrogen functional groups attached to an aromatic ring is 1. The van der Waals surface area contributed by atoms with Crippen molar-refractivity contribution in [2.45, 2.75) is 13.8 Å². The first-order valence-electron chi connectivity index (χ1n) is 6.60. The van der Waals surface area contributed by atoms with Gasteiger partial charge < -0.3 is 5.73 Å². The number of hydrogen-bond donors (Lipinski definition) is 2. The molecule has 0 saturated heterocycles. The number of hydrogen-bond acceptors (Lipinski definition) is 5. The van der Waals surface area contributed by atoms with E-state index in [2.05, 4.69) is 41.5 Å². The minimum absolute atomic E-state index is 0.441. The van der Waals surface area contributed by atoms with Crippen LogP contribution in [0.4, 0.5) is 17.3 Å². The molecular weight excluding hydrogens is 346 g/mol. The van der Waals surface area contributed by atoms with Crippen LogP contribution in [0.15, 0.2) is 45.0 Å². The van der Waals surface area contributed by atoms with Gasteiger partial charge in [0.15, 0.2) is 11.5 Å². The van der Waals surface area contributed by atoms with Crippen molar-refractivity contribution in [1.82, 2.24) is 20.0 Å². The van der Waals surface area contributed by atoms with Gasteiger partial charge in [0.2, 0.25) is 5.82 Å². The van der Waals surface area contributed by atoms with Crippen LogP contribution in [0, 0.1) is 13.8 Å². The van der Waals surface area contributed by atoms with Gasteiger partial charge >= 0.3 is 0 Å². The van der Waals surface area contributed by atoms with Gasteiger partial charge in [0.05, 0.1) is 15.9 Å². The Hall–Kier alpha value is -2.48. The lowest BCUT2D eigenvalue weighted by atomic mass is 10.3. The van der Waals surface area contributed by atoms with Crippen LogP contribution >= 0.6 is 15.9 Å². The first kappa shape index (κ1) is 14.5. The van der Waals surface area contributed by atoms with E-state index >= 15 is 0 Å². The zero-order valence-corrected chi connectivity index (χ0v) is 13.7. The van der Waals surface area contributed by atoms with Crippen molar-refractivity contribution >= 4 is 33.3 Å². The van der Waals surface area contributed by atoms with Crippen LogP contribution in [-0.4, -0.2) is 20.0 Å². The second-order valence-electron chi connectivity index (χ2n) is 4.75. The zero-order chi connectivity index (χ0) is 15.7. The third-order valence-corrected chi connectivity index (χ3v) is 4.11. The highest BCUT2D eigenvalue weighted by Crippen LogP contribution is 2.32. The summed E-state index contributed by atoms with van der Waals surface area (Å²) in [5.74, 6) is 0.916. The summed E-state index contributed by atoms with van der Waals surface area (Å²) in [4.78, 5) is 0. The van der Waals surface area contributed by atoms with Crippen LogP contribution in [-0.2, 0) is 0 Å². The topological polar surface area (TPSA) is 97.2 Å². The Bertz CT molecular complexity index is 833. The summed E-state index contributed by atoms with van der Waals surface area (Å²) in [6.45, 7) is 3.73. The van der Waals surface area contributed by atoms with E-state index in [-0.39, 0.29) is 0 Å². The lowest BCUT2D eigenvalue weighted by Crippen LogP contribution is -2.01. The predicted octanol–water partition coefficient (Wildman–Crippen LogP) is 3.97. The quantitative estimate of drug-likeness (QED) is 0.692. The summed E-state index contributed by atoms with van der Waals surface area (Å²) in [6, 6.07) is 9.65. The van der Waals surface area contributed by atoms with Gasteiger partial charge in [-0.05, 0) is 41.9 Å². The molecule has 0 aliphatic carbocycles. The molecule has 0 amide bonds. The SMILES string of the molecule is Cc1nn(-c2ccccc2)c(N)c1N=Nc1n[nH]c(C)c1Br. The van der Waals surface area contributed by atoms with E-state index in [4.69, 9.17) is 5.73 Å². The number of rotatable bonds is 3. The summed E-state index contributed by atoms with van der Waals surface area (Å²) < 4.78 is 2.43. The first-order chi connectivity index (χ1) is 10.6. The average molecular weight is 360 g/mol. The molecule has 0 spiro atoms. The Balaban J connectivity index is 1.99. The Morgan fingerprint density at radius 1 is 1.18 bits per heavy atom. The Labute approximate surface area is 135 Å². The lowest BCUT2D eigenvalue weighted by Gasteiger charge is -2.02. The van der Waals surface area contributed by atoms with Crippen LogP contribution in [0.3, 0.4) is 0 Å². The van der Waals surface area contributed by atoms with Crippen LogP contribution in [0.2, 0.25) is 0 Å². The number of halogens is 1. The normalized spacial score (nSPS) is 11.4. The van der Waals surface area contributed by atoms with Gasteiger partial charge in [-0.25, -0.2) is 4.68 Å². The van der Waals surface area contributed by atoms with Crippen molar-refractivity contribution in [3.8, 4) is 5.69 Å². The number of aromatic nitrogens is 4. The summed E-state index contributed by atoms with van der Waals surface area (Å²) in [7, 11) is 0. The summed E-state index contributed by atoms with van der Waals surface area (Å²) in [6.07, 6.45) is 0. The molecule has 1 aromatic carbocycles. The second-order valence-corrected chi connectivity index (χ2v) is 5.55. The van der Waals surface area contributed by atoms with Gasteiger partial charge in [-0.15, -0.1) is 10.2 Å². The van der Waals surface area contributed by atoms with Crippen molar-refractivity contribution in [2.75, 3.05) is 5.73 Å². The van der Waals surface area contributed by atoms with Crippen LogP contribution in [0.1, 0.15) is 11.4 Å². The van der Waals surface area contributed by atoms with E-state index < -0.39 is 0 Å². The van der Waals surface area contributed by atoms with Crippen LogP contribution in [0.5, 0.6) is 0 Å². The number of nitrogens with two attached hydrogens (primary N) is 1. The number of H-pyrrole nitrogens is 1. The maximum absolute atomic E-state index is 6.15. The number of para-hydroxylation sites is 1. The Morgan fingerprint density at radius 2 is 1.91 bits per heavy atom. The van der Waals surface area contributed by atoms with Crippen LogP contribution < -0.4 is 5.73 Å². The fourth-order valence-electron chi connectivity index (χ4n) is 1.99. The number of anilines is 1. The van der Waals surface area contributed by atoms with Gasteiger partial charge in [-0.2, -0.15) is 10.2 Å². The molecule has 112 valence electrons. The number of benzene rings is 1. The lowest BCUT2D eigenvalue weighted by molar-refractivity contribution is 0.872. The molecule has 7 nitrogen and oxygen atoms in total. The molecule has 0 aliphatic heterocycles. The summed E-state index contributed by atoms with van der Waals surface area (Å²) in [5.41, 5.74) is 9.15. The molecule has 0 unspecified atom stereocenters. The molecule has 8 heteroatoms. The fraction of sp³-hybridized carbons (Fsp3) is 0.143. The largest absolute Gasteiger partial charge is 0.382 e.